The maximum Gasteiger partial charge on any atom is 0.149 e. The Morgan fingerprint density at radius 1 is 1.50 bits per heavy atom. The minimum Gasteiger partial charge on any atom is -0.298 e. The van der Waals surface area contributed by atoms with Crippen LogP contribution in [-0.2, 0) is 4.79 Å². The highest BCUT2D eigenvalue weighted by Gasteiger charge is 2.50. The lowest BCUT2D eigenvalue weighted by atomic mass is 9.85. The van der Waals surface area contributed by atoms with Crippen molar-refractivity contribution in [3.05, 3.63) is 0 Å². The summed E-state index contributed by atoms with van der Waals surface area (Å²) in [6, 6.07) is 0. The number of carbonyl (C=O) groups is 1. The van der Waals surface area contributed by atoms with Gasteiger partial charge in [-0.25, -0.2) is 0 Å². The molecule has 0 N–H and O–H groups in total. The van der Waals surface area contributed by atoms with E-state index >= 15 is 0 Å². The van der Waals surface area contributed by atoms with Crippen molar-refractivity contribution in [2.45, 2.75) is 17.7 Å². The molecule has 0 heterocycles. The van der Waals surface area contributed by atoms with Crippen LogP contribution in [-0.4, -0.2) is 10.6 Å². The summed E-state index contributed by atoms with van der Waals surface area (Å²) in [6.07, 6.45) is 2.32. The molecule has 2 heteroatoms. The Balaban J connectivity index is 2.27. The summed E-state index contributed by atoms with van der Waals surface area (Å²) in [5, 5.41) is 0. The second kappa shape index (κ2) is 1.35. The van der Waals surface area contributed by atoms with Crippen molar-refractivity contribution in [3.63, 3.8) is 0 Å². The highest BCUT2D eigenvalue weighted by Crippen LogP contribution is 2.48. The fraction of sp³-hybridized carbons (Fsp3) is 0.833. The molecular weight excluding hydrogens is 168 g/mol. The second-order valence-corrected chi connectivity index (χ2v) is 3.72. The molecule has 0 saturated heterocycles. The van der Waals surface area contributed by atoms with E-state index in [1.807, 2.05) is 0 Å². The third-order valence-corrected chi connectivity index (χ3v) is 3.46. The molecule has 3 aliphatic carbocycles. The SMILES string of the molecule is O=C1C2CC(C2)C1Br. The van der Waals surface area contributed by atoms with Gasteiger partial charge in [-0.1, -0.05) is 15.9 Å². The van der Waals surface area contributed by atoms with E-state index in [0.717, 1.165) is 12.8 Å². The highest BCUT2D eigenvalue weighted by atomic mass is 79.9. The van der Waals surface area contributed by atoms with Gasteiger partial charge in [0.2, 0.25) is 0 Å². The number of hydrogen-bond acceptors (Lipinski definition) is 1. The van der Waals surface area contributed by atoms with Crippen molar-refractivity contribution in [2.75, 3.05) is 0 Å². The predicted octanol–water partition coefficient (Wildman–Crippen LogP) is 1.36. The summed E-state index contributed by atoms with van der Waals surface area (Å²) in [5.41, 5.74) is 0. The van der Waals surface area contributed by atoms with Gasteiger partial charge in [-0.3, -0.25) is 4.79 Å². The molecule has 0 aromatic rings. The number of Topliss-reactive ketones (excluding diaryl/α,β-unsaturated/α-hetero) is 1. The zero-order valence-electron chi connectivity index (χ0n) is 4.43. The normalized spacial score (nSPS) is 51.6. The molecule has 0 aromatic heterocycles. The fourth-order valence-corrected chi connectivity index (χ4v) is 2.40. The Morgan fingerprint density at radius 2 is 2.12 bits per heavy atom. The maximum atomic E-state index is 10.9. The molecule has 0 amide bonds. The van der Waals surface area contributed by atoms with E-state index in [4.69, 9.17) is 0 Å². The van der Waals surface area contributed by atoms with E-state index in [1.165, 1.54) is 0 Å². The first-order chi connectivity index (χ1) is 3.79. The van der Waals surface area contributed by atoms with Gasteiger partial charge in [0.15, 0.2) is 0 Å². The quantitative estimate of drug-likeness (QED) is 0.508. The molecular formula is C6H7BrO. The molecule has 3 fully saturated rings. The molecule has 1 atom stereocenters. The lowest BCUT2D eigenvalue weighted by Gasteiger charge is -2.20. The third-order valence-electron chi connectivity index (χ3n) is 2.26. The average Bonchev–Trinajstić information content (AvgIpc) is 1.89. The minimum atomic E-state index is 0.229. The van der Waals surface area contributed by atoms with Gasteiger partial charge in [0.25, 0.3) is 0 Å². The van der Waals surface area contributed by atoms with Crippen LogP contribution < -0.4 is 0 Å². The van der Waals surface area contributed by atoms with Crippen molar-refractivity contribution >= 4 is 21.7 Å². The highest BCUT2D eigenvalue weighted by molar-refractivity contribution is 9.10. The minimum absolute atomic E-state index is 0.229. The van der Waals surface area contributed by atoms with E-state index in [2.05, 4.69) is 15.9 Å². The summed E-state index contributed by atoms with van der Waals surface area (Å²) in [7, 11) is 0. The number of ketones is 1. The Morgan fingerprint density at radius 3 is 2.25 bits per heavy atom. The number of alkyl halides is 1. The van der Waals surface area contributed by atoms with Crippen LogP contribution in [0.3, 0.4) is 0 Å². The third kappa shape index (κ3) is 0.402. The lowest BCUT2D eigenvalue weighted by Crippen LogP contribution is -2.14. The lowest BCUT2D eigenvalue weighted by molar-refractivity contribution is -0.119. The first kappa shape index (κ1) is 4.98. The van der Waals surface area contributed by atoms with E-state index in [9.17, 15) is 4.79 Å². The van der Waals surface area contributed by atoms with Crippen LogP contribution in [0.2, 0.25) is 0 Å². The molecule has 1 unspecified atom stereocenters. The van der Waals surface area contributed by atoms with Crippen LogP contribution in [0, 0.1) is 11.8 Å². The molecule has 8 heavy (non-hydrogen) atoms. The summed E-state index contributed by atoms with van der Waals surface area (Å²) in [5.74, 6) is 1.60. The Hall–Kier alpha value is 0.150. The molecule has 2 bridgehead atoms. The number of halogens is 1. The molecule has 0 spiro atoms. The maximum absolute atomic E-state index is 10.9. The van der Waals surface area contributed by atoms with E-state index < -0.39 is 0 Å². The van der Waals surface area contributed by atoms with Crippen LogP contribution >= 0.6 is 15.9 Å². The fourth-order valence-electron chi connectivity index (χ4n) is 1.59. The average molecular weight is 175 g/mol. The number of hydrogen-bond donors (Lipinski definition) is 0. The van der Waals surface area contributed by atoms with Crippen molar-refractivity contribution in [2.24, 2.45) is 11.8 Å². The Kier molecular flexibility index (Phi) is 0.840. The van der Waals surface area contributed by atoms with E-state index in [1.54, 1.807) is 0 Å². The molecule has 0 aromatic carbocycles. The van der Waals surface area contributed by atoms with Gasteiger partial charge in [-0.15, -0.1) is 0 Å². The second-order valence-electron chi connectivity index (χ2n) is 2.73. The van der Waals surface area contributed by atoms with Crippen molar-refractivity contribution in [1.82, 2.24) is 0 Å². The summed E-state index contributed by atoms with van der Waals surface area (Å²) >= 11 is 3.36. The molecule has 0 aliphatic heterocycles. The summed E-state index contributed by atoms with van der Waals surface area (Å²) < 4.78 is 0. The van der Waals surface area contributed by atoms with Crippen LogP contribution in [0.1, 0.15) is 12.8 Å². The van der Waals surface area contributed by atoms with Crippen LogP contribution in [0.5, 0.6) is 0 Å². The van der Waals surface area contributed by atoms with Gasteiger partial charge in [0.05, 0.1) is 4.83 Å². The number of carbonyl (C=O) groups excluding carboxylic acids is 1. The van der Waals surface area contributed by atoms with Crippen LogP contribution in [0.4, 0.5) is 0 Å². The smallest absolute Gasteiger partial charge is 0.149 e. The van der Waals surface area contributed by atoms with Crippen molar-refractivity contribution in [1.29, 1.82) is 0 Å². The molecule has 44 valence electrons. The first-order valence-electron chi connectivity index (χ1n) is 2.97. The van der Waals surface area contributed by atoms with E-state index in [0.29, 0.717) is 17.6 Å². The molecule has 3 rings (SSSR count). The standard InChI is InChI=1S/C6H7BrO/c7-5-3-1-4(2-3)6(5)8/h3-5H,1-2H2. The number of fused-ring (bicyclic) bond motifs is 1. The Bertz CT molecular complexity index is 137. The van der Waals surface area contributed by atoms with Gasteiger partial charge in [-0.05, 0) is 18.8 Å². The van der Waals surface area contributed by atoms with Gasteiger partial charge < -0.3 is 0 Å². The first-order valence-corrected chi connectivity index (χ1v) is 3.88. The predicted molar refractivity (Wildman–Crippen MR) is 33.9 cm³/mol. The van der Waals surface area contributed by atoms with Crippen molar-refractivity contribution < 1.29 is 4.79 Å². The van der Waals surface area contributed by atoms with Crippen LogP contribution in [0.15, 0.2) is 0 Å². The molecule has 3 saturated carbocycles. The van der Waals surface area contributed by atoms with Gasteiger partial charge >= 0.3 is 0 Å². The van der Waals surface area contributed by atoms with Crippen LogP contribution in [0.25, 0.3) is 0 Å². The number of rotatable bonds is 0. The van der Waals surface area contributed by atoms with E-state index in [-0.39, 0.29) is 4.83 Å². The molecule has 0 radical (unpaired) electrons. The molecule has 3 aliphatic rings. The largest absolute Gasteiger partial charge is 0.298 e. The van der Waals surface area contributed by atoms with Gasteiger partial charge in [-0.2, -0.15) is 0 Å². The van der Waals surface area contributed by atoms with Gasteiger partial charge in [0, 0.05) is 5.92 Å². The summed E-state index contributed by atoms with van der Waals surface area (Å²) in [6.45, 7) is 0. The zero-order chi connectivity index (χ0) is 5.72. The van der Waals surface area contributed by atoms with Gasteiger partial charge in [0.1, 0.15) is 5.78 Å². The Labute approximate surface area is 56.6 Å². The zero-order valence-corrected chi connectivity index (χ0v) is 6.02. The van der Waals surface area contributed by atoms with Crippen molar-refractivity contribution in [3.8, 4) is 0 Å². The topological polar surface area (TPSA) is 17.1 Å². The summed E-state index contributed by atoms with van der Waals surface area (Å²) in [4.78, 5) is 11.1. The monoisotopic (exact) mass is 174 g/mol. The molecule has 1 nitrogen and oxygen atoms in total.